The van der Waals surface area contributed by atoms with E-state index < -0.39 is 21.8 Å². The fourth-order valence-electron chi connectivity index (χ4n) is 2.39. The number of Topliss-reactive ketones (excluding diaryl/α,β-unsaturated/α-hetero) is 2. The van der Waals surface area contributed by atoms with E-state index in [-0.39, 0.29) is 42.1 Å². The molecule has 2 aromatic rings. The third kappa shape index (κ3) is 9.52. The fraction of sp³-hybridized carbons (Fsp3) is 0.273. The summed E-state index contributed by atoms with van der Waals surface area (Å²) in [7, 11) is -1.73. The molecule has 2 aromatic carbocycles. The molecule has 0 aliphatic heterocycles. The van der Waals surface area contributed by atoms with Gasteiger partial charge < -0.3 is 14.9 Å². The van der Waals surface area contributed by atoms with Crippen LogP contribution in [0.3, 0.4) is 0 Å². The van der Waals surface area contributed by atoms with Crippen molar-refractivity contribution in [1.82, 2.24) is 0 Å². The molecule has 0 saturated carbocycles. The van der Waals surface area contributed by atoms with Crippen LogP contribution in [0.2, 0.25) is 0 Å². The SMILES string of the molecule is COc1ccc(C(=O)CCC(=O)O)cc1.CS(=O)(=O)c1ccc(C(=O)CCC(=O)O)cc1. The second kappa shape index (κ2) is 12.4. The molecule has 0 aliphatic carbocycles. The lowest BCUT2D eigenvalue weighted by Gasteiger charge is -2.01. The first-order valence-electron chi connectivity index (χ1n) is 9.38. The Morgan fingerprint density at radius 1 is 0.719 bits per heavy atom. The van der Waals surface area contributed by atoms with Crippen molar-refractivity contribution < 1.29 is 42.5 Å². The summed E-state index contributed by atoms with van der Waals surface area (Å²) in [6, 6.07) is 12.1. The molecule has 9 nitrogen and oxygen atoms in total. The number of hydrogen-bond acceptors (Lipinski definition) is 7. The molecular formula is C22H24O9S. The highest BCUT2D eigenvalue weighted by Gasteiger charge is 2.11. The van der Waals surface area contributed by atoms with E-state index in [1.165, 1.54) is 24.3 Å². The van der Waals surface area contributed by atoms with Crippen molar-refractivity contribution in [1.29, 1.82) is 0 Å². The van der Waals surface area contributed by atoms with Gasteiger partial charge in [0.15, 0.2) is 21.4 Å². The molecule has 2 rings (SSSR count). The average Bonchev–Trinajstić information content (AvgIpc) is 2.75. The number of ketones is 2. The smallest absolute Gasteiger partial charge is 0.303 e. The number of hydrogen-bond donors (Lipinski definition) is 2. The van der Waals surface area contributed by atoms with Crippen LogP contribution < -0.4 is 4.74 Å². The van der Waals surface area contributed by atoms with E-state index in [1.807, 2.05) is 0 Å². The molecule has 2 N–H and O–H groups in total. The van der Waals surface area contributed by atoms with Gasteiger partial charge in [-0.25, -0.2) is 8.42 Å². The first kappa shape index (κ1) is 26.5. The van der Waals surface area contributed by atoms with Crippen LogP contribution in [-0.4, -0.2) is 55.5 Å². The van der Waals surface area contributed by atoms with Crippen molar-refractivity contribution in [3.8, 4) is 5.75 Å². The zero-order valence-electron chi connectivity index (χ0n) is 17.6. The fourth-order valence-corrected chi connectivity index (χ4v) is 3.03. The Balaban J connectivity index is 0.000000323. The molecule has 32 heavy (non-hydrogen) atoms. The van der Waals surface area contributed by atoms with Crippen LogP contribution in [0.25, 0.3) is 0 Å². The number of ether oxygens (including phenoxy) is 1. The topological polar surface area (TPSA) is 152 Å². The molecule has 0 aliphatic rings. The monoisotopic (exact) mass is 464 g/mol. The Morgan fingerprint density at radius 2 is 1.09 bits per heavy atom. The molecular weight excluding hydrogens is 440 g/mol. The van der Waals surface area contributed by atoms with Gasteiger partial charge in [0.1, 0.15) is 5.75 Å². The number of methoxy groups -OCH3 is 1. The van der Waals surface area contributed by atoms with Crippen molar-refractivity contribution >= 4 is 33.3 Å². The van der Waals surface area contributed by atoms with Gasteiger partial charge in [-0.15, -0.1) is 0 Å². The number of benzene rings is 2. The number of carbonyl (C=O) groups excluding carboxylic acids is 2. The molecule has 0 atom stereocenters. The molecule has 10 heteroatoms. The molecule has 0 amide bonds. The van der Waals surface area contributed by atoms with Crippen LogP contribution in [0.1, 0.15) is 46.4 Å². The summed E-state index contributed by atoms with van der Waals surface area (Å²) >= 11 is 0. The molecule has 0 saturated heterocycles. The van der Waals surface area contributed by atoms with E-state index in [2.05, 4.69) is 0 Å². The van der Waals surface area contributed by atoms with Gasteiger partial charge in [0.2, 0.25) is 0 Å². The highest BCUT2D eigenvalue weighted by molar-refractivity contribution is 7.90. The highest BCUT2D eigenvalue weighted by Crippen LogP contribution is 2.14. The van der Waals surface area contributed by atoms with Crippen LogP contribution in [0.15, 0.2) is 53.4 Å². The Bertz CT molecular complexity index is 1050. The van der Waals surface area contributed by atoms with E-state index in [0.29, 0.717) is 16.9 Å². The van der Waals surface area contributed by atoms with E-state index >= 15 is 0 Å². The van der Waals surface area contributed by atoms with Crippen molar-refractivity contribution in [2.24, 2.45) is 0 Å². The lowest BCUT2D eigenvalue weighted by Crippen LogP contribution is -2.04. The Morgan fingerprint density at radius 3 is 1.41 bits per heavy atom. The maximum Gasteiger partial charge on any atom is 0.303 e. The summed E-state index contributed by atoms with van der Waals surface area (Å²) in [5, 5.41) is 16.8. The number of sulfone groups is 1. The summed E-state index contributed by atoms with van der Waals surface area (Å²) in [6.45, 7) is 0. The van der Waals surface area contributed by atoms with E-state index in [0.717, 1.165) is 6.26 Å². The van der Waals surface area contributed by atoms with E-state index in [9.17, 15) is 27.6 Å². The van der Waals surface area contributed by atoms with Crippen molar-refractivity contribution in [3.63, 3.8) is 0 Å². The molecule has 0 bridgehead atoms. The minimum Gasteiger partial charge on any atom is -0.497 e. The first-order chi connectivity index (χ1) is 14.9. The van der Waals surface area contributed by atoms with Gasteiger partial charge >= 0.3 is 11.9 Å². The number of aliphatic carboxylic acids is 2. The van der Waals surface area contributed by atoms with Crippen LogP contribution in [0, 0.1) is 0 Å². The Kier molecular flexibility index (Phi) is 10.2. The summed E-state index contributed by atoms with van der Waals surface area (Å²) in [5.74, 6) is -1.81. The predicted octanol–water partition coefficient (Wildman–Crippen LogP) is 2.88. The third-order valence-corrected chi connectivity index (χ3v) is 5.28. The normalized spacial score (nSPS) is 10.4. The quantitative estimate of drug-likeness (QED) is 0.505. The molecule has 0 fully saturated rings. The van der Waals surface area contributed by atoms with Gasteiger partial charge in [-0.3, -0.25) is 19.2 Å². The Hall–Kier alpha value is -3.53. The zero-order chi connectivity index (χ0) is 24.3. The summed E-state index contributed by atoms with van der Waals surface area (Å²) in [5.41, 5.74) is 0.829. The molecule has 0 unspecified atom stereocenters. The van der Waals surface area contributed by atoms with Gasteiger partial charge in [-0.05, 0) is 36.4 Å². The van der Waals surface area contributed by atoms with Gasteiger partial charge in [0.25, 0.3) is 0 Å². The number of carbonyl (C=O) groups is 4. The molecule has 172 valence electrons. The molecule has 0 aromatic heterocycles. The number of carboxylic acids is 2. The Labute approximate surface area is 185 Å². The van der Waals surface area contributed by atoms with Gasteiger partial charge in [-0.1, -0.05) is 12.1 Å². The minimum absolute atomic E-state index is 0.0294. The minimum atomic E-state index is -3.28. The van der Waals surface area contributed by atoms with Crippen molar-refractivity contribution in [3.05, 3.63) is 59.7 Å². The molecule has 0 radical (unpaired) electrons. The predicted molar refractivity (Wildman–Crippen MR) is 115 cm³/mol. The van der Waals surface area contributed by atoms with E-state index in [4.69, 9.17) is 14.9 Å². The standard InChI is InChI=1S/C11H12O5S.C11H12O4/c1-17(15,16)9-4-2-8(3-5-9)10(12)6-7-11(13)14;1-15-9-4-2-8(3-5-9)10(12)6-7-11(13)14/h2-5H,6-7H2,1H3,(H,13,14);2-5H,6-7H2,1H3,(H,13,14). The summed E-state index contributed by atoms with van der Waals surface area (Å²) in [6.07, 6.45) is 0.654. The van der Waals surface area contributed by atoms with Crippen molar-refractivity contribution in [2.75, 3.05) is 13.4 Å². The third-order valence-electron chi connectivity index (χ3n) is 4.15. The summed E-state index contributed by atoms with van der Waals surface area (Å²) < 4.78 is 27.3. The lowest BCUT2D eigenvalue weighted by atomic mass is 10.1. The van der Waals surface area contributed by atoms with Gasteiger partial charge in [-0.2, -0.15) is 0 Å². The number of carboxylic acid groups (broad SMARTS) is 2. The van der Waals surface area contributed by atoms with Crippen LogP contribution in [-0.2, 0) is 19.4 Å². The van der Waals surface area contributed by atoms with Crippen molar-refractivity contribution in [2.45, 2.75) is 30.6 Å². The maximum atomic E-state index is 11.5. The highest BCUT2D eigenvalue weighted by atomic mass is 32.2. The van der Waals surface area contributed by atoms with Gasteiger partial charge in [0, 0.05) is 30.2 Å². The summed E-state index contributed by atoms with van der Waals surface area (Å²) in [4.78, 5) is 43.6. The van der Waals surface area contributed by atoms with Crippen LogP contribution in [0.5, 0.6) is 5.75 Å². The molecule has 0 heterocycles. The second-order valence-electron chi connectivity index (χ2n) is 6.66. The second-order valence-corrected chi connectivity index (χ2v) is 8.67. The molecule has 0 spiro atoms. The lowest BCUT2D eigenvalue weighted by molar-refractivity contribution is -0.137. The van der Waals surface area contributed by atoms with Crippen LogP contribution in [0.4, 0.5) is 0 Å². The largest absolute Gasteiger partial charge is 0.497 e. The average molecular weight is 464 g/mol. The van der Waals surface area contributed by atoms with Crippen LogP contribution >= 0.6 is 0 Å². The number of rotatable bonds is 10. The first-order valence-corrected chi connectivity index (χ1v) is 11.3. The van der Waals surface area contributed by atoms with Gasteiger partial charge in [0.05, 0.1) is 24.8 Å². The van der Waals surface area contributed by atoms with E-state index in [1.54, 1.807) is 31.4 Å². The maximum absolute atomic E-state index is 11.5. The zero-order valence-corrected chi connectivity index (χ0v) is 18.4.